The molecule has 0 N–H and O–H groups in total. The van der Waals surface area contributed by atoms with Gasteiger partial charge in [-0.05, 0) is 13.3 Å². The minimum atomic E-state index is -0.176. The first-order chi connectivity index (χ1) is 6.61. The molecule has 1 fully saturated rings. The molecule has 1 heterocycles. The number of thioether (sulfide) groups is 1. The molecule has 0 radical (unpaired) electrons. The van der Waals surface area contributed by atoms with Crippen LogP contribution in [0, 0.1) is 0 Å². The van der Waals surface area contributed by atoms with Crippen molar-refractivity contribution in [1.82, 2.24) is 4.90 Å². The summed E-state index contributed by atoms with van der Waals surface area (Å²) in [6.07, 6.45) is 1.44. The largest absolute Gasteiger partial charge is 0.300 e. The lowest BCUT2D eigenvalue weighted by molar-refractivity contribution is -0.128. The Hall–Kier alpha value is -0.840. The molecule has 0 saturated carbocycles. The molecule has 5 heteroatoms. The van der Waals surface area contributed by atoms with Crippen molar-refractivity contribution in [3.63, 3.8) is 0 Å². The summed E-state index contributed by atoms with van der Waals surface area (Å²) < 4.78 is 0. The van der Waals surface area contributed by atoms with Gasteiger partial charge in [-0.15, -0.1) is 0 Å². The summed E-state index contributed by atoms with van der Waals surface area (Å²) in [5, 5.41) is -0.176. The normalized spacial score (nSPS) is 17.4. The Morgan fingerprint density at radius 1 is 1.50 bits per heavy atom. The second kappa shape index (κ2) is 5.14. The van der Waals surface area contributed by atoms with Crippen molar-refractivity contribution in [1.29, 1.82) is 0 Å². The molecule has 0 aromatic heterocycles. The highest BCUT2D eigenvalue weighted by atomic mass is 32.2. The fourth-order valence-electron chi connectivity index (χ4n) is 1.24. The molecule has 4 nitrogen and oxygen atoms in total. The van der Waals surface area contributed by atoms with Crippen LogP contribution in [0.5, 0.6) is 0 Å². The van der Waals surface area contributed by atoms with Crippen LogP contribution in [0.3, 0.4) is 0 Å². The van der Waals surface area contributed by atoms with Crippen molar-refractivity contribution in [3.8, 4) is 0 Å². The maximum Gasteiger partial charge on any atom is 0.288 e. The molecule has 0 unspecified atom stereocenters. The maximum absolute atomic E-state index is 11.3. The summed E-state index contributed by atoms with van der Waals surface area (Å²) in [4.78, 5) is 34.5. The van der Waals surface area contributed by atoms with Gasteiger partial charge < -0.3 is 4.79 Å². The summed E-state index contributed by atoms with van der Waals surface area (Å²) >= 11 is 1.17. The number of hydrogen-bond acceptors (Lipinski definition) is 4. The fraction of sp³-hybridized carbons (Fsp3) is 0.667. The van der Waals surface area contributed by atoms with E-state index in [4.69, 9.17) is 0 Å². The molecule has 14 heavy (non-hydrogen) atoms. The Kier molecular flexibility index (Phi) is 4.13. The van der Waals surface area contributed by atoms with Gasteiger partial charge in [0, 0.05) is 25.1 Å². The first kappa shape index (κ1) is 11.2. The molecule has 1 aliphatic rings. The first-order valence-electron chi connectivity index (χ1n) is 4.58. The third kappa shape index (κ3) is 3.14. The zero-order valence-electron chi connectivity index (χ0n) is 8.12. The Morgan fingerprint density at radius 3 is 2.79 bits per heavy atom. The molecular formula is C9H13NO3S. The van der Waals surface area contributed by atoms with Gasteiger partial charge in [0.25, 0.3) is 5.24 Å². The lowest BCUT2D eigenvalue weighted by Gasteiger charge is -2.23. The van der Waals surface area contributed by atoms with Gasteiger partial charge >= 0.3 is 0 Å². The molecule has 0 atom stereocenters. The lowest BCUT2D eigenvalue weighted by Crippen LogP contribution is -2.38. The second-order valence-corrected chi connectivity index (χ2v) is 4.26. The number of carbonyl (C=O) groups excluding carboxylic acids is 3. The van der Waals surface area contributed by atoms with Gasteiger partial charge in [-0.3, -0.25) is 14.5 Å². The Morgan fingerprint density at radius 2 is 2.21 bits per heavy atom. The van der Waals surface area contributed by atoms with E-state index in [1.165, 1.54) is 23.6 Å². The Balaban J connectivity index is 2.37. The zero-order valence-corrected chi connectivity index (χ0v) is 8.93. The van der Waals surface area contributed by atoms with E-state index in [0.29, 0.717) is 31.6 Å². The van der Waals surface area contributed by atoms with E-state index in [1.54, 1.807) is 0 Å². The molecule has 78 valence electrons. The number of rotatable bonds is 4. The Bertz CT molecular complexity index is 249. The fourth-order valence-corrected chi connectivity index (χ4v) is 2.04. The van der Waals surface area contributed by atoms with Gasteiger partial charge in [0.05, 0.1) is 0 Å². The number of nitrogens with zero attached hydrogens (tertiary/aromatic N) is 1. The van der Waals surface area contributed by atoms with Crippen LogP contribution in [-0.2, 0) is 9.59 Å². The van der Waals surface area contributed by atoms with Crippen molar-refractivity contribution in [2.24, 2.45) is 0 Å². The van der Waals surface area contributed by atoms with E-state index in [2.05, 4.69) is 0 Å². The monoisotopic (exact) mass is 215 g/mol. The molecule has 0 aromatic rings. The standard InChI is InChI=1S/C9H13NO3S/c1-7(11)3-2-5-10-8(12)4-6-14-9(10)13/h2-6H2,1H3. The number of hydrogen-bond donors (Lipinski definition) is 0. The zero-order chi connectivity index (χ0) is 10.6. The molecule has 0 spiro atoms. The quantitative estimate of drug-likeness (QED) is 0.712. The van der Waals surface area contributed by atoms with Crippen LogP contribution in [0.4, 0.5) is 4.79 Å². The minimum absolute atomic E-state index is 0.0922. The van der Waals surface area contributed by atoms with Gasteiger partial charge in [-0.1, -0.05) is 11.8 Å². The van der Waals surface area contributed by atoms with Gasteiger partial charge in [0.2, 0.25) is 5.91 Å². The van der Waals surface area contributed by atoms with Crippen LogP contribution in [0.25, 0.3) is 0 Å². The SMILES string of the molecule is CC(=O)CCCN1C(=O)CCSC1=O. The smallest absolute Gasteiger partial charge is 0.288 e. The summed E-state index contributed by atoms with van der Waals surface area (Å²) in [7, 11) is 0. The van der Waals surface area contributed by atoms with Gasteiger partial charge in [-0.25, -0.2) is 0 Å². The van der Waals surface area contributed by atoms with Crippen molar-refractivity contribution < 1.29 is 14.4 Å². The van der Waals surface area contributed by atoms with Gasteiger partial charge in [0.1, 0.15) is 5.78 Å². The summed E-state index contributed by atoms with van der Waals surface area (Å²) in [5.74, 6) is 0.563. The van der Waals surface area contributed by atoms with Gasteiger partial charge in [0.15, 0.2) is 0 Å². The molecule has 1 saturated heterocycles. The third-order valence-corrected chi connectivity index (χ3v) is 2.85. The molecule has 0 aliphatic carbocycles. The highest BCUT2D eigenvalue weighted by molar-refractivity contribution is 8.13. The molecule has 1 rings (SSSR count). The molecular weight excluding hydrogens is 202 g/mol. The first-order valence-corrected chi connectivity index (χ1v) is 5.56. The van der Waals surface area contributed by atoms with E-state index in [9.17, 15) is 14.4 Å². The minimum Gasteiger partial charge on any atom is -0.300 e. The van der Waals surface area contributed by atoms with Crippen molar-refractivity contribution in [2.45, 2.75) is 26.2 Å². The highest BCUT2D eigenvalue weighted by Crippen LogP contribution is 2.18. The van der Waals surface area contributed by atoms with Gasteiger partial charge in [-0.2, -0.15) is 0 Å². The number of Topliss-reactive ketones (excluding diaryl/α,β-unsaturated/α-hetero) is 1. The summed E-state index contributed by atoms with van der Waals surface area (Å²) in [6.45, 7) is 1.89. The van der Waals surface area contributed by atoms with Crippen molar-refractivity contribution in [2.75, 3.05) is 12.3 Å². The third-order valence-electron chi connectivity index (χ3n) is 1.97. The van der Waals surface area contributed by atoms with E-state index < -0.39 is 0 Å². The number of carbonyl (C=O) groups is 3. The second-order valence-electron chi connectivity index (χ2n) is 3.22. The van der Waals surface area contributed by atoms with Crippen LogP contribution in [0.2, 0.25) is 0 Å². The maximum atomic E-state index is 11.3. The number of amides is 2. The van der Waals surface area contributed by atoms with Crippen LogP contribution in [0.1, 0.15) is 26.2 Å². The van der Waals surface area contributed by atoms with Crippen LogP contribution in [0.15, 0.2) is 0 Å². The predicted octanol–water partition coefficient (Wildman–Crippen LogP) is 1.44. The van der Waals surface area contributed by atoms with E-state index in [1.807, 2.05) is 0 Å². The lowest BCUT2D eigenvalue weighted by atomic mass is 10.2. The molecule has 2 amide bonds. The molecule has 1 aliphatic heterocycles. The summed E-state index contributed by atoms with van der Waals surface area (Å²) in [6, 6.07) is 0. The van der Waals surface area contributed by atoms with Crippen molar-refractivity contribution in [3.05, 3.63) is 0 Å². The van der Waals surface area contributed by atoms with E-state index in [-0.39, 0.29) is 16.9 Å². The van der Waals surface area contributed by atoms with E-state index >= 15 is 0 Å². The average molecular weight is 215 g/mol. The predicted molar refractivity (Wildman–Crippen MR) is 54.1 cm³/mol. The number of imide groups is 1. The highest BCUT2D eigenvalue weighted by Gasteiger charge is 2.25. The molecule has 0 aromatic carbocycles. The number of ketones is 1. The van der Waals surface area contributed by atoms with E-state index in [0.717, 1.165) is 0 Å². The Labute approximate surface area is 87.0 Å². The van der Waals surface area contributed by atoms with Crippen LogP contribution in [-0.4, -0.2) is 34.1 Å². The van der Waals surface area contributed by atoms with Crippen LogP contribution < -0.4 is 0 Å². The van der Waals surface area contributed by atoms with Crippen LogP contribution >= 0.6 is 11.8 Å². The average Bonchev–Trinajstić information content (AvgIpc) is 2.09. The van der Waals surface area contributed by atoms with Crippen molar-refractivity contribution >= 4 is 28.7 Å². The topological polar surface area (TPSA) is 54.5 Å². The summed E-state index contributed by atoms with van der Waals surface area (Å²) in [5.41, 5.74) is 0. The molecule has 0 bridgehead atoms.